The predicted molar refractivity (Wildman–Crippen MR) is 126 cm³/mol. The summed E-state index contributed by atoms with van der Waals surface area (Å²) in [6, 6.07) is 22.0. The third kappa shape index (κ3) is 4.35. The van der Waals surface area contributed by atoms with Gasteiger partial charge >= 0.3 is 0 Å². The fraction of sp³-hybridized carbons (Fsp3) is 0.240. The normalized spacial score (nSPS) is 11.1. The van der Waals surface area contributed by atoms with E-state index in [-0.39, 0.29) is 5.78 Å². The summed E-state index contributed by atoms with van der Waals surface area (Å²) < 4.78 is 4.24. The van der Waals surface area contributed by atoms with Crippen molar-refractivity contribution in [2.24, 2.45) is 0 Å². The molecule has 0 bridgehead atoms. The van der Waals surface area contributed by atoms with Crippen LogP contribution < -0.4 is 0 Å². The molecule has 0 aliphatic rings. The van der Waals surface area contributed by atoms with Crippen molar-refractivity contribution in [1.82, 2.24) is 19.3 Å². The second kappa shape index (κ2) is 9.35. The Labute approximate surface area is 187 Å². The zero-order chi connectivity index (χ0) is 21.8. The van der Waals surface area contributed by atoms with E-state index in [1.54, 1.807) is 0 Å². The SMILES string of the molecule is CCCn1c(C)cc(C(=O)CSc2nnc(-c3ccccc3)n2-c2ccccc2)c1C. The van der Waals surface area contributed by atoms with E-state index in [0.717, 1.165) is 47.0 Å². The van der Waals surface area contributed by atoms with Gasteiger partial charge in [-0.15, -0.1) is 10.2 Å². The van der Waals surface area contributed by atoms with E-state index in [1.807, 2.05) is 78.2 Å². The third-order valence-electron chi connectivity index (χ3n) is 5.33. The second-order valence-corrected chi connectivity index (χ2v) is 8.43. The number of benzene rings is 2. The monoisotopic (exact) mass is 430 g/mol. The molecule has 0 fully saturated rings. The number of carbonyl (C=O) groups excluding carboxylic acids is 1. The van der Waals surface area contributed by atoms with E-state index in [2.05, 4.69) is 28.6 Å². The van der Waals surface area contributed by atoms with Crippen molar-refractivity contribution in [3.8, 4) is 17.1 Å². The van der Waals surface area contributed by atoms with Crippen LogP contribution in [0.4, 0.5) is 0 Å². The highest BCUT2D eigenvalue weighted by Crippen LogP contribution is 2.28. The molecule has 0 aliphatic carbocycles. The van der Waals surface area contributed by atoms with Crippen LogP contribution in [-0.4, -0.2) is 30.9 Å². The average Bonchev–Trinajstić information content (AvgIpc) is 3.35. The zero-order valence-electron chi connectivity index (χ0n) is 18.1. The van der Waals surface area contributed by atoms with E-state index in [1.165, 1.54) is 11.8 Å². The van der Waals surface area contributed by atoms with Crippen LogP contribution >= 0.6 is 11.8 Å². The molecule has 0 unspecified atom stereocenters. The Morgan fingerprint density at radius 1 is 0.968 bits per heavy atom. The highest BCUT2D eigenvalue weighted by Gasteiger charge is 2.20. The van der Waals surface area contributed by atoms with Gasteiger partial charge in [0, 0.05) is 34.7 Å². The minimum Gasteiger partial charge on any atom is -0.348 e. The molecule has 0 amide bonds. The van der Waals surface area contributed by atoms with Crippen molar-refractivity contribution in [1.29, 1.82) is 0 Å². The molecule has 4 aromatic rings. The predicted octanol–water partition coefficient (Wildman–Crippen LogP) is 5.74. The van der Waals surface area contributed by atoms with Crippen LogP contribution in [0.1, 0.15) is 35.1 Å². The number of para-hydroxylation sites is 1. The molecular weight excluding hydrogens is 404 g/mol. The Kier molecular flexibility index (Phi) is 6.37. The van der Waals surface area contributed by atoms with Gasteiger partial charge in [0.1, 0.15) is 0 Å². The van der Waals surface area contributed by atoms with Gasteiger partial charge in [0.25, 0.3) is 0 Å². The largest absolute Gasteiger partial charge is 0.348 e. The number of Topliss-reactive ketones (excluding diaryl/α,β-unsaturated/α-hetero) is 1. The maximum absolute atomic E-state index is 13.0. The van der Waals surface area contributed by atoms with Crippen LogP contribution in [0.5, 0.6) is 0 Å². The number of thioether (sulfide) groups is 1. The Hall–Kier alpha value is -3.12. The molecule has 2 aromatic carbocycles. The van der Waals surface area contributed by atoms with Crippen LogP contribution in [0.2, 0.25) is 0 Å². The minimum atomic E-state index is 0.115. The fourth-order valence-corrected chi connectivity index (χ4v) is 4.64. The van der Waals surface area contributed by atoms with Crippen molar-refractivity contribution >= 4 is 17.5 Å². The van der Waals surface area contributed by atoms with Crippen molar-refractivity contribution in [3.63, 3.8) is 0 Å². The molecule has 0 aliphatic heterocycles. The van der Waals surface area contributed by atoms with Crippen LogP contribution in [0.3, 0.4) is 0 Å². The summed E-state index contributed by atoms with van der Waals surface area (Å²) >= 11 is 1.43. The highest BCUT2D eigenvalue weighted by molar-refractivity contribution is 7.99. The molecule has 158 valence electrons. The molecule has 0 radical (unpaired) electrons. The van der Waals surface area contributed by atoms with Gasteiger partial charge in [-0.1, -0.05) is 67.2 Å². The van der Waals surface area contributed by atoms with E-state index in [4.69, 9.17) is 0 Å². The number of aryl methyl sites for hydroxylation is 1. The first-order chi connectivity index (χ1) is 15.1. The molecule has 2 heterocycles. The number of rotatable bonds is 8. The number of hydrogen-bond donors (Lipinski definition) is 0. The fourth-order valence-electron chi connectivity index (χ4n) is 3.81. The Balaban J connectivity index is 1.63. The maximum Gasteiger partial charge on any atom is 0.196 e. The van der Waals surface area contributed by atoms with Gasteiger partial charge in [0.15, 0.2) is 16.8 Å². The van der Waals surface area contributed by atoms with Crippen LogP contribution in [0, 0.1) is 13.8 Å². The Morgan fingerprint density at radius 3 is 2.32 bits per heavy atom. The van der Waals surface area contributed by atoms with Gasteiger partial charge in [0.05, 0.1) is 5.75 Å². The van der Waals surface area contributed by atoms with Crippen LogP contribution in [0.25, 0.3) is 17.1 Å². The van der Waals surface area contributed by atoms with Gasteiger partial charge in [-0.05, 0) is 38.5 Å². The summed E-state index contributed by atoms with van der Waals surface area (Å²) in [5, 5.41) is 9.59. The van der Waals surface area contributed by atoms with Crippen LogP contribution in [-0.2, 0) is 6.54 Å². The third-order valence-corrected chi connectivity index (χ3v) is 6.26. The molecule has 5 nitrogen and oxygen atoms in total. The van der Waals surface area contributed by atoms with E-state index >= 15 is 0 Å². The Morgan fingerprint density at radius 2 is 1.65 bits per heavy atom. The molecule has 0 saturated carbocycles. The lowest BCUT2D eigenvalue weighted by molar-refractivity contribution is 0.102. The molecule has 4 rings (SSSR count). The summed E-state index contributed by atoms with van der Waals surface area (Å²) in [6.07, 6.45) is 1.04. The van der Waals surface area contributed by atoms with Crippen molar-refractivity contribution in [3.05, 3.63) is 83.7 Å². The topological polar surface area (TPSA) is 52.7 Å². The van der Waals surface area contributed by atoms with Crippen molar-refractivity contribution in [2.75, 3.05) is 5.75 Å². The van der Waals surface area contributed by atoms with Gasteiger partial charge in [0.2, 0.25) is 0 Å². The van der Waals surface area contributed by atoms with Gasteiger partial charge in [-0.3, -0.25) is 9.36 Å². The standard InChI is InChI=1S/C25H26N4OS/c1-4-15-28-18(2)16-22(19(28)3)23(30)17-31-25-27-26-24(20-11-7-5-8-12-20)29(25)21-13-9-6-10-14-21/h5-14,16H,4,15,17H2,1-3H3. The first-order valence-electron chi connectivity index (χ1n) is 10.5. The summed E-state index contributed by atoms with van der Waals surface area (Å²) in [5.41, 5.74) is 4.93. The molecule has 0 saturated heterocycles. The van der Waals surface area contributed by atoms with Crippen LogP contribution in [0.15, 0.2) is 71.9 Å². The number of aromatic nitrogens is 4. The smallest absolute Gasteiger partial charge is 0.196 e. The molecular formula is C25H26N4OS. The zero-order valence-corrected chi connectivity index (χ0v) is 18.9. The maximum atomic E-state index is 13.0. The van der Waals surface area contributed by atoms with Crippen molar-refractivity contribution < 1.29 is 4.79 Å². The van der Waals surface area contributed by atoms with E-state index in [9.17, 15) is 4.79 Å². The average molecular weight is 431 g/mol. The van der Waals surface area contributed by atoms with Crippen molar-refractivity contribution in [2.45, 2.75) is 38.9 Å². The lowest BCUT2D eigenvalue weighted by Gasteiger charge is -2.10. The van der Waals surface area contributed by atoms with E-state index < -0.39 is 0 Å². The van der Waals surface area contributed by atoms with Gasteiger partial charge < -0.3 is 4.57 Å². The molecule has 0 atom stereocenters. The summed E-state index contributed by atoms with van der Waals surface area (Å²) in [5.74, 6) is 1.20. The minimum absolute atomic E-state index is 0.115. The summed E-state index contributed by atoms with van der Waals surface area (Å²) in [4.78, 5) is 13.0. The number of ketones is 1. The number of hydrogen-bond acceptors (Lipinski definition) is 4. The van der Waals surface area contributed by atoms with Gasteiger partial charge in [-0.2, -0.15) is 0 Å². The summed E-state index contributed by atoms with van der Waals surface area (Å²) in [6.45, 7) is 7.17. The quantitative estimate of drug-likeness (QED) is 0.264. The lowest BCUT2D eigenvalue weighted by Crippen LogP contribution is -2.07. The Bertz CT molecular complexity index is 1180. The highest BCUT2D eigenvalue weighted by atomic mass is 32.2. The first kappa shape index (κ1) is 21.1. The second-order valence-electron chi connectivity index (χ2n) is 7.49. The molecule has 0 spiro atoms. The summed E-state index contributed by atoms with van der Waals surface area (Å²) in [7, 11) is 0. The number of carbonyl (C=O) groups is 1. The molecule has 0 N–H and O–H groups in total. The molecule has 2 aromatic heterocycles. The molecule has 6 heteroatoms. The number of nitrogens with zero attached hydrogens (tertiary/aromatic N) is 4. The van der Waals surface area contributed by atoms with Gasteiger partial charge in [-0.25, -0.2) is 0 Å². The van der Waals surface area contributed by atoms with E-state index in [0.29, 0.717) is 10.9 Å². The first-order valence-corrected chi connectivity index (χ1v) is 11.5. The molecule has 31 heavy (non-hydrogen) atoms. The lowest BCUT2D eigenvalue weighted by atomic mass is 10.2.